The van der Waals surface area contributed by atoms with Gasteiger partial charge in [0.25, 0.3) is 0 Å². The molecule has 3 aromatic carbocycles. The molecule has 2 fully saturated rings. The summed E-state index contributed by atoms with van der Waals surface area (Å²) in [6, 6.07) is 27.8. The van der Waals surface area contributed by atoms with Gasteiger partial charge in [-0.2, -0.15) is 0 Å². The van der Waals surface area contributed by atoms with E-state index in [0.29, 0.717) is 6.54 Å². The number of hydrogen-bond acceptors (Lipinski definition) is 3. The Morgan fingerprint density at radius 2 is 1.44 bits per heavy atom. The Morgan fingerprint density at radius 3 is 2.11 bits per heavy atom. The van der Waals surface area contributed by atoms with Crippen LogP contribution in [0.1, 0.15) is 42.4 Å². The predicted molar refractivity (Wildman–Crippen MR) is 144 cm³/mol. The second-order valence-corrected chi connectivity index (χ2v) is 10.9. The number of β-amino-alcohol motifs (C(OH)–C–C–N with tert-alkyl or cyclic N) is 1. The highest BCUT2D eigenvalue weighted by atomic mass is 19.1. The first-order valence-corrected chi connectivity index (χ1v) is 13.6. The fourth-order valence-electron chi connectivity index (χ4n) is 6.24. The lowest BCUT2D eigenvalue weighted by Gasteiger charge is -2.37. The molecule has 5 rings (SSSR count). The van der Waals surface area contributed by atoms with Crippen LogP contribution in [0.2, 0.25) is 0 Å². The molecule has 0 aliphatic carbocycles. The summed E-state index contributed by atoms with van der Waals surface area (Å²) in [6.45, 7) is 5.34. The molecular weight excluding hydrogens is 447 g/mol. The largest absolute Gasteiger partial charge is 0.383 e. The van der Waals surface area contributed by atoms with Crippen LogP contribution < -0.4 is 0 Å². The van der Waals surface area contributed by atoms with Crippen molar-refractivity contribution in [3.63, 3.8) is 0 Å². The van der Waals surface area contributed by atoms with Crippen LogP contribution in [0.15, 0.2) is 84.9 Å². The van der Waals surface area contributed by atoms with Gasteiger partial charge in [-0.05, 0) is 73.5 Å². The summed E-state index contributed by atoms with van der Waals surface area (Å²) in [5.41, 5.74) is 2.57. The van der Waals surface area contributed by atoms with E-state index in [1.165, 1.54) is 55.4 Å². The third-order valence-electron chi connectivity index (χ3n) is 8.32. The van der Waals surface area contributed by atoms with Gasteiger partial charge in [0.1, 0.15) is 11.4 Å². The highest BCUT2D eigenvalue weighted by molar-refractivity contribution is 5.27. The van der Waals surface area contributed by atoms with Gasteiger partial charge in [0, 0.05) is 32.1 Å². The maximum atomic E-state index is 13.7. The van der Waals surface area contributed by atoms with Crippen molar-refractivity contribution in [2.75, 3.05) is 32.7 Å². The molecule has 0 radical (unpaired) electrons. The van der Waals surface area contributed by atoms with Crippen LogP contribution in [0.4, 0.5) is 4.39 Å². The van der Waals surface area contributed by atoms with Gasteiger partial charge in [-0.15, -0.1) is 0 Å². The second-order valence-electron chi connectivity index (χ2n) is 10.9. The van der Waals surface area contributed by atoms with Crippen LogP contribution in [0, 0.1) is 17.7 Å². The zero-order valence-corrected chi connectivity index (χ0v) is 21.2. The molecule has 2 unspecified atom stereocenters. The predicted octanol–water partition coefficient (Wildman–Crippen LogP) is 5.88. The summed E-state index contributed by atoms with van der Waals surface area (Å²) < 4.78 is 13.7. The van der Waals surface area contributed by atoms with Crippen LogP contribution in [-0.2, 0) is 18.6 Å². The molecule has 0 bridgehead atoms. The number of piperidine rings is 1. The van der Waals surface area contributed by atoms with E-state index in [1.807, 2.05) is 6.07 Å². The number of likely N-dealkylation sites (tertiary alicyclic amines) is 2. The Kier molecular flexibility index (Phi) is 8.15. The summed E-state index contributed by atoms with van der Waals surface area (Å²) in [5, 5.41) is 12.0. The molecule has 2 heterocycles. The zero-order chi connectivity index (χ0) is 24.8. The number of halogens is 1. The van der Waals surface area contributed by atoms with Crippen LogP contribution in [0.25, 0.3) is 0 Å². The molecular formula is C32H39FN2O. The molecule has 2 aliphatic heterocycles. The third kappa shape index (κ3) is 6.23. The Hall–Kier alpha value is -2.53. The molecule has 0 aromatic heterocycles. The van der Waals surface area contributed by atoms with E-state index < -0.39 is 5.60 Å². The molecule has 1 N–H and O–H groups in total. The van der Waals surface area contributed by atoms with Gasteiger partial charge >= 0.3 is 0 Å². The van der Waals surface area contributed by atoms with Crippen LogP contribution >= 0.6 is 0 Å². The molecule has 0 spiro atoms. The van der Waals surface area contributed by atoms with Gasteiger partial charge < -0.3 is 10.0 Å². The maximum Gasteiger partial charge on any atom is 0.123 e. The summed E-state index contributed by atoms with van der Waals surface area (Å²) in [7, 11) is 0. The average Bonchev–Trinajstić information content (AvgIpc) is 3.22. The molecule has 3 aromatic rings. The van der Waals surface area contributed by atoms with E-state index >= 15 is 0 Å². The molecule has 4 heteroatoms. The van der Waals surface area contributed by atoms with Crippen LogP contribution in [0.3, 0.4) is 0 Å². The normalized spacial score (nSPS) is 23.8. The monoisotopic (exact) mass is 486 g/mol. The average molecular weight is 487 g/mol. The van der Waals surface area contributed by atoms with Crippen molar-refractivity contribution >= 4 is 0 Å². The third-order valence-corrected chi connectivity index (χ3v) is 8.32. The fraction of sp³-hybridized carbons (Fsp3) is 0.438. The molecule has 0 saturated carbocycles. The molecule has 0 amide bonds. The molecule has 2 atom stereocenters. The first-order chi connectivity index (χ1) is 17.6. The molecule has 190 valence electrons. The summed E-state index contributed by atoms with van der Waals surface area (Å²) in [5.74, 6) is 0.646. The van der Waals surface area contributed by atoms with Gasteiger partial charge in [-0.3, -0.25) is 4.90 Å². The number of hydrogen-bond donors (Lipinski definition) is 1. The van der Waals surface area contributed by atoms with Crippen molar-refractivity contribution in [2.45, 2.75) is 44.2 Å². The summed E-state index contributed by atoms with van der Waals surface area (Å²) in [6.07, 6.45) is 6.21. The zero-order valence-electron chi connectivity index (χ0n) is 21.2. The molecule has 36 heavy (non-hydrogen) atoms. The Morgan fingerprint density at radius 1 is 0.806 bits per heavy atom. The maximum absolute atomic E-state index is 13.7. The minimum Gasteiger partial charge on any atom is -0.383 e. The van der Waals surface area contributed by atoms with Crippen molar-refractivity contribution in [1.29, 1.82) is 0 Å². The lowest BCUT2D eigenvalue weighted by Crippen LogP contribution is -2.44. The van der Waals surface area contributed by atoms with Gasteiger partial charge in [0.2, 0.25) is 0 Å². The lowest BCUT2D eigenvalue weighted by atomic mass is 9.83. The molecule has 2 saturated heterocycles. The number of nitrogens with zero attached hydrogens (tertiary/aromatic N) is 2. The van der Waals surface area contributed by atoms with E-state index in [4.69, 9.17) is 0 Å². The van der Waals surface area contributed by atoms with E-state index in [2.05, 4.69) is 64.4 Å². The minimum absolute atomic E-state index is 0.0984. The second kappa shape index (κ2) is 11.7. The highest BCUT2D eigenvalue weighted by Gasteiger charge is 2.47. The molecule has 2 aliphatic rings. The fourth-order valence-corrected chi connectivity index (χ4v) is 6.24. The van der Waals surface area contributed by atoms with E-state index in [-0.39, 0.29) is 11.7 Å². The van der Waals surface area contributed by atoms with Crippen molar-refractivity contribution < 1.29 is 9.50 Å². The van der Waals surface area contributed by atoms with Crippen molar-refractivity contribution in [3.8, 4) is 0 Å². The first kappa shape index (κ1) is 25.1. The Bertz CT molecular complexity index is 1070. The topological polar surface area (TPSA) is 26.7 Å². The summed E-state index contributed by atoms with van der Waals surface area (Å²) >= 11 is 0. The van der Waals surface area contributed by atoms with E-state index in [9.17, 15) is 9.50 Å². The summed E-state index contributed by atoms with van der Waals surface area (Å²) in [4.78, 5) is 4.92. The van der Waals surface area contributed by atoms with Crippen LogP contribution in [0.5, 0.6) is 0 Å². The number of aryl methyl sites for hydroxylation is 1. The van der Waals surface area contributed by atoms with Crippen LogP contribution in [-0.4, -0.2) is 47.6 Å². The van der Waals surface area contributed by atoms with Gasteiger partial charge in [-0.1, -0.05) is 79.2 Å². The van der Waals surface area contributed by atoms with Gasteiger partial charge in [-0.25, -0.2) is 4.39 Å². The number of benzene rings is 3. The van der Waals surface area contributed by atoms with Crippen molar-refractivity contribution in [3.05, 3.63) is 107 Å². The smallest absolute Gasteiger partial charge is 0.123 e. The Balaban J connectivity index is 1.18. The number of rotatable bonds is 9. The highest BCUT2D eigenvalue weighted by Crippen LogP contribution is 2.39. The first-order valence-electron chi connectivity index (χ1n) is 13.6. The number of aliphatic hydroxyl groups is 1. The standard InChI is InChI=1S/C32H39FN2O/c33-31-16-14-29(15-17-31)32(36)25-35(22-28-10-5-2-6-11-28)24-30(32)23-34-20-18-27(19-21-34)13-7-12-26-8-3-1-4-9-26/h1-6,8-11,14-17,27,30,36H,7,12-13,18-25H2. The lowest BCUT2D eigenvalue weighted by molar-refractivity contribution is -0.00919. The van der Waals surface area contributed by atoms with E-state index in [0.717, 1.165) is 44.2 Å². The van der Waals surface area contributed by atoms with Gasteiger partial charge in [0.15, 0.2) is 0 Å². The Labute approximate surface area is 215 Å². The van der Waals surface area contributed by atoms with E-state index in [1.54, 1.807) is 12.1 Å². The van der Waals surface area contributed by atoms with Gasteiger partial charge in [0.05, 0.1) is 0 Å². The molecule has 3 nitrogen and oxygen atoms in total. The SMILES string of the molecule is OC1(c2ccc(F)cc2)CN(Cc2ccccc2)CC1CN1CCC(CCCc2ccccc2)CC1. The quantitative estimate of drug-likeness (QED) is 0.409. The van der Waals surface area contributed by atoms with Crippen molar-refractivity contribution in [1.82, 2.24) is 9.80 Å². The minimum atomic E-state index is -0.963. The van der Waals surface area contributed by atoms with Crippen molar-refractivity contribution in [2.24, 2.45) is 11.8 Å².